The number of esters is 1. The van der Waals surface area contributed by atoms with Gasteiger partial charge in [0.05, 0.1) is 0 Å². The van der Waals surface area contributed by atoms with Crippen molar-refractivity contribution >= 4 is 11.8 Å². The number of hydrogen-bond acceptors (Lipinski definition) is 4. The van der Waals surface area contributed by atoms with E-state index in [-0.39, 0.29) is 5.78 Å². The Kier molecular flexibility index (Phi) is 4.47. The van der Waals surface area contributed by atoms with Gasteiger partial charge in [-0.3, -0.25) is 9.59 Å². The molecule has 0 N–H and O–H groups in total. The van der Waals surface area contributed by atoms with Gasteiger partial charge in [-0.15, -0.1) is 0 Å². The summed E-state index contributed by atoms with van der Waals surface area (Å²) in [6.07, 6.45) is -0.873. The molecular formula is C23H18O4. The highest BCUT2D eigenvalue weighted by molar-refractivity contribution is 6.00. The van der Waals surface area contributed by atoms with Gasteiger partial charge in [-0.25, -0.2) is 0 Å². The average Bonchev–Trinajstić information content (AvgIpc) is 2.71. The van der Waals surface area contributed by atoms with Crippen LogP contribution in [0.15, 0.2) is 78.9 Å². The number of carbonyl (C=O) groups is 2. The fourth-order valence-electron chi connectivity index (χ4n) is 3.30. The number of rotatable bonds is 4. The fourth-order valence-corrected chi connectivity index (χ4v) is 3.30. The van der Waals surface area contributed by atoms with Crippen LogP contribution in [-0.4, -0.2) is 17.9 Å². The van der Waals surface area contributed by atoms with E-state index in [4.69, 9.17) is 9.47 Å². The summed E-state index contributed by atoms with van der Waals surface area (Å²) < 4.78 is 11.5. The molecule has 3 aromatic carbocycles. The molecule has 1 heterocycles. The minimum absolute atomic E-state index is 0.224. The summed E-state index contributed by atoms with van der Waals surface area (Å²) in [4.78, 5) is 25.6. The fraction of sp³-hybridized carbons (Fsp3) is 0.130. The first kappa shape index (κ1) is 17.0. The van der Waals surface area contributed by atoms with Gasteiger partial charge in [0.15, 0.2) is 6.10 Å². The molecule has 1 unspecified atom stereocenters. The number of carbonyl (C=O) groups excluding carboxylic acids is 2. The van der Waals surface area contributed by atoms with Crippen LogP contribution in [0.25, 0.3) is 0 Å². The maximum atomic E-state index is 13.0. The van der Waals surface area contributed by atoms with Crippen molar-refractivity contribution in [3.05, 3.63) is 95.6 Å². The summed E-state index contributed by atoms with van der Waals surface area (Å²) in [5, 5.41) is 0. The second kappa shape index (κ2) is 7.08. The van der Waals surface area contributed by atoms with Crippen molar-refractivity contribution in [1.29, 1.82) is 0 Å². The first-order chi connectivity index (χ1) is 13.1. The van der Waals surface area contributed by atoms with Gasteiger partial charge in [0.1, 0.15) is 17.4 Å². The molecule has 3 aromatic rings. The molecule has 0 amide bonds. The molecule has 0 saturated heterocycles. The van der Waals surface area contributed by atoms with Crippen LogP contribution >= 0.6 is 0 Å². The van der Waals surface area contributed by atoms with Gasteiger partial charge < -0.3 is 9.47 Å². The lowest BCUT2D eigenvalue weighted by Crippen LogP contribution is -2.29. The predicted octanol–water partition coefficient (Wildman–Crippen LogP) is 4.74. The Morgan fingerprint density at radius 2 is 1.33 bits per heavy atom. The van der Waals surface area contributed by atoms with Crippen LogP contribution in [0, 0.1) is 0 Å². The summed E-state index contributed by atoms with van der Waals surface area (Å²) in [5.74, 6) is -0.0647. The first-order valence-electron chi connectivity index (χ1n) is 8.80. The smallest absolute Gasteiger partial charge is 0.318 e. The van der Waals surface area contributed by atoms with Gasteiger partial charge in [0, 0.05) is 16.7 Å². The van der Waals surface area contributed by atoms with Crippen molar-refractivity contribution in [2.75, 3.05) is 0 Å². The van der Waals surface area contributed by atoms with E-state index in [1.54, 1.807) is 31.2 Å². The molecule has 0 bridgehead atoms. The van der Waals surface area contributed by atoms with Crippen LogP contribution in [0.1, 0.15) is 34.3 Å². The number of ether oxygens (including phenoxy) is 2. The van der Waals surface area contributed by atoms with Crippen molar-refractivity contribution in [3.8, 4) is 11.5 Å². The Morgan fingerprint density at radius 1 is 0.815 bits per heavy atom. The number of fused-ring (bicyclic) bond motifs is 2. The molecule has 4 nitrogen and oxygen atoms in total. The Bertz CT molecular complexity index is 949. The third kappa shape index (κ3) is 3.22. The highest BCUT2D eigenvalue weighted by atomic mass is 16.5. The maximum Gasteiger partial charge on any atom is 0.318 e. The van der Waals surface area contributed by atoms with E-state index >= 15 is 0 Å². The van der Waals surface area contributed by atoms with E-state index < -0.39 is 18.0 Å². The highest BCUT2D eigenvalue weighted by Gasteiger charge is 2.35. The molecule has 1 atom stereocenters. The molecule has 1 aliphatic rings. The van der Waals surface area contributed by atoms with Crippen molar-refractivity contribution in [2.24, 2.45) is 0 Å². The van der Waals surface area contributed by atoms with Crippen LogP contribution in [0.2, 0.25) is 0 Å². The molecule has 1 aliphatic heterocycles. The van der Waals surface area contributed by atoms with Crippen molar-refractivity contribution < 1.29 is 19.1 Å². The zero-order valence-corrected chi connectivity index (χ0v) is 14.8. The van der Waals surface area contributed by atoms with Crippen molar-refractivity contribution in [1.82, 2.24) is 0 Å². The number of para-hydroxylation sites is 2. The van der Waals surface area contributed by atoms with Gasteiger partial charge in [-0.05, 0) is 19.1 Å². The van der Waals surface area contributed by atoms with Gasteiger partial charge in [0.2, 0.25) is 5.78 Å². The van der Waals surface area contributed by atoms with Gasteiger partial charge in [-0.1, -0.05) is 66.7 Å². The van der Waals surface area contributed by atoms with Gasteiger partial charge in [-0.2, -0.15) is 0 Å². The molecule has 0 spiro atoms. The molecule has 4 rings (SSSR count). The second-order valence-electron chi connectivity index (χ2n) is 6.42. The number of benzene rings is 3. The molecule has 0 saturated carbocycles. The summed E-state index contributed by atoms with van der Waals surface area (Å²) in [6.45, 7) is 1.60. The second-order valence-corrected chi connectivity index (χ2v) is 6.42. The monoisotopic (exact) mass is 358 g/mol. The van der Waals surface area contributed by atoms with E-state index in [1.165, 1.54) is 0 Å². The molecule has 0 aliphatic carbocycles. The molecular weight excluding hydrogens is 340 g/mol. The van der Waals surface area contributed by atoms with Crippen molar-refractivity contribution in [2.45, 2.75) is 18.9 Å². The predicted molar refractivity (Wildman–Crippen MR) is 101 cm³/mol. The number of Topliss-reactive ketones (excluding diaryl/α,β-unsaturated/α-hetero) is 1. The molecule has 0 aromatic heterocycles. The van der Waals surface area contributed by atoms with Crippen LogP contribution in [-0.2, 0) is 9.53 Å². The average molecular weight is 358 g/mol. The topological polar surface area (TPSA) is 52.6 Å². The third-order valence-corrected chi connectivity index (χ3v) is 4.64. The molecule has 4 heteroatoms. The Hall–Kier alpha value is -3.40. The molecule has 0 radical (unpaired) electrons. The van der Waals surface area contributed by atoms with E-state index in [0.717, 1.165) is 11.1 Å². The molecule has 134 valence electrons. The number of hydrogen-bond donors (Lipinski definition) is 0. The lowest BCUT2D eigenvalue weighted by atomic mass is 9.88. The minimum atomic E-state index is -0.873. The Morgan fingerprint density at radius 3 is 1.93 bits per heavy atom. The van der Waals surface area contributed by atoms with Gasteiger partial charge >= 0.3 is 5.97 Å². The summed E-state index contributed by atoms with van der Waals surface area (Å²) in [7, 11) is 0. The lowest BCUT2D eigenvalue weighted by molar-refractivity contribution is -0.147. The standard InChI is InChI=1S/C23H18O4/c1-15(22(24)16-9-3-2-4-10-16)26-23(25)21-17-11-5-7-13-19(17)27-20-14-8-6-12-18(20)21/h2-15,21H,1H3. The quantitative estimate of drug-likeness (QED) is 0.499. The van der Waals surface area contributed by atoms with Gasteiger partial charge in [0.25, 0.3) is 0 Å². The zero-order valence-electron chi connectivity index (χ0n) is 14.8. The van der Waals surface area contributed by atoms with E-state index in [9.17, 15) is 9.59 Å². The Balaban J connectivity index is 1.63. The van der Waals surface area contributed by atoms with Crippen LogP contribution < -0.4 is 4.74 Å². The van der Waals surface area contributed by atoms with E-state index in [1.807, 2.05) is 54.6 Å². The van der Waals surface area contributed by atoms with Crippen LogP contribution in [0.3, 0.4) is 0 Å². The summed E-state index contributed by atoms with van der Waals surface area (Å²) >= 11 is 0. The van der Waals surface area contributed by atoms with Crippen LogP contribution in [0.5, 0.6) is 11.5 Å². The molecule has 0 fully saturated rings. The zero-order chi connectivity index (χ0) is 18.8. The minimum Gasteiger partial charge on any atom is -0.457 e. The lowest BCUT2D eigenvalue weighted by Gasteiger charge is -2.27. The van der Waals surface area contributed by atoms with E-state index in [2.05, 4.69) is 0 Å². The largest absolute Gasteiger partial charge is 0.457 e. The number of ketones is 1. The normalized spacial score (nSPS) is 13.7. The SMILES string of the molecule is CC(OC(=O)C1c2ccccc2Oc2ccccc21)C(=O)c1ccccc1. The van der Waals surface area contributed by atoms with E-state index in [0.29, 0.717) is 17.1 Å². The maximum absolute atomic E-state index is 13.0. The highest BCUT2D eigenvalue weighted by Crippen LogP contribution is 2.44. The summed E-state index contributed by atoms with van der Waals surface area (Å²) in [6, 6.07) is 23.6. The summed E-state index contributed by atoms with van der Waals surface area (Å²) in [5.41, 5.74) is 1.99. The third-order valence-electron chi connectivity index (χ3n) is 4.64. The molecule has 27 heavy (non-hydrogen) atoms. The first-order valence-corrected chi connectivity index (χ1v) is 8.80. The van der Waals surface area contributed by atoms with Crippen molar-refractivity contribution in [3.63, 3.8) is 0 Å². The Labute approximate surface area is 157 Å². The van der Waals surface area contributed by atoms with Crippen LogP contribution in [0.4, 0.5) is 0 Å².